The predicted molar refractivity (Wildman–Crippen MR) is 89.3 cm³/mol. The molecule has 3 nitrogen and oxygen atoms in total. The van der Waals surface area contributed by atoms with Crippen LogP contribution in [0.25, 0.3) is 0 Å². The van der Waals surface area contributed by atoms with Gasteiger partial charge in [-0.1, -0.05) is 51.5 Å². The minimum absolute atomic E-state index is 0.0539. The van der Waals surface area contributed by atoms with E-state index in [1.54, 1.807) is 0 Å². The quantitative estimate of drug-likeness (QED) is 0.770. The van der Waals surface area contributed by atoms with Crippen LogP contribution in [0.5, 0.6) is 0 Å². The predicted octanol–water partition coefficient (Wildman–Crippen LogP) is 3.45. The first-order valence-corrected chi connectivity index (χ1v) is 8.05. The highest BCUT2D eigenvalue weighted by molar-refractivity contribution is 5.78. The summed E-state index contributed by atoms with van der Waals surface area (Å²) < 4.78 is 0. The molecule has 0 saturated heterocycles. The largest absolute Gasteiger partial charge is 0.353 e. The van der Waals surface area contributed by atoms with E-state index in [0.29, 0.717) is 12.5 Å². The van der Waals surface area contributed by atoms with E-state index in [-0.39, 0.29) is 18.0 Å². The van der Waals surface area contributed by atoms with Gasteiger partial charge in [-0.15, -0.1) is 0 Å². The van der Waals surface area contributed by atoms with Crippen LogP contribution < -0.4 is 10.6 Å². The molecule has 0 saturated carbocycles. The fourth-order valence-electron chi connectivity index (χ4n) is 2.49. The molecule has 1 unspecified atom stereocenters. The van der Waals surface area contributed by atoms with Gasteiger partial charge in [0.15, 0.2) is 0 Å². The van der Waals surface area contributed by atoms with Gasteiger partial charge in [0.2, 0.25) is 5.91 Å². The lowest BCUT2D eigenvalue weighted by Crippen LogP contribution is -2.40. The number of benzene rings is 1. The third kappa shape index (κ3) is 6.30. The van der Waals surface area contributed by atoms with Gasteiger partial charge in [-0.2, -0.15) is 0 Å². The summed E-state index contributed by atoms with van der Waals surface area (Å²) in [5.74, 6) is 0.493. The van der Waals surface area contributed by atoms with E-state index in [4.69, 9.17) is 0 Å². The number of aryl methyl sites for hydroxylation is 1. The molecule has 1 aromatic rings. The minimum atomic E-state index is 0.0539. The summed E-state index contributed by atoms with van der Waals surface area (Å²) in [4.78, 5) is 11.8. The summed E-state index contributed by atoms with van der Waals surface area (Å²) in [5.41, 5.74) is 2.63. The fraction of sp³-hybridized carbons (Fsp3) is 0.611. The minimum Gasteiger partial charge on any atom is -0.353 e. The Balaban J connectivity index is 2.66. The fourth-order valence-corrected chi connectivity index (χ4v) is 2.49. The average Bonchev–Trinajstić information content (AvgIpc) is 2.40. The summed E-state index contributed by atoms with van der Waals surface area (Å²) >= 11 is 0. The molecule has 1 aromatic carbocycles. The first-order chi connectivity index (χ1) is 9.93. The van der Waals surface area contributed by atoms with Crippen molar-refractivity contribution in [2.45, 2.75) is 59.5 Å². The van der Waals surface area contributed by atoms with Crippen LogP contribution in [0.3, 0.4) is 0 Å². The van der Waals surface area contributed by atoms with Gasteiger partial charge in [-0.25, -0.2) is 0 Å². The van der Waals surface area contributed by atoms with Gasteiger partial charge in [-0.05, 0) is 37.3 Å². The topological polar surface area (TPSA) is 41.1 Å². The molecule has 21 heavy (non-hydrogen) atoms. The van der Waals surface area contributed by atoms with E-state index in [2.05, 4.69) is 55.7 Å². The highest BCUT2D eigenvalue weighted by atomic mass is 16.1. The second-order valence-corrected chi connectivity index (χ2v) is 6.32. The molecule has 0 aromatic heterocycles. The maximum absolute atomic E-state index is 11.8. The second-order valence-electron chi connectivity index (χ2n) is 6.32. The molecule has 118 valence electrons. The van der Waals surface area contributed by atoms with Crippen LogP contribution in [-0.4, -0.2) is 18.5 Å². The van der Waals surface area contributed by atoms with E-state index in [1.807, 2.05) is 13.8 Å². The SMILES string of the molecule is CCCc1ccc(C(NCC(=O)NC(C)C)C(C)C)cc1. The third-order valence-electron chi connectivity index (χ3n) is 3.48. The first-order valence-electron chi connectivity index (χ1n) is 8.05. The smallest absolute Gasteiger partial charge is 0.234 e. The van der Waals surface area contributed by atoms with Gasteiger partial charge in [0.05, 0.1) is 6.54 Å². The van der Waals surface area contributed by atoms with Crippen molar-refractivity contribution >= 4 is 5.91 Å². The number of hydrogen-bond acceptors (Lipinski definition) is 2. The molecule has 0 spiro atoms. The molecule has 3 heteroatoms. The number of carbonyl (C=O) groups excluding carboxylic acids is 1. The van der Waals surface area contributed by atoms with E-state index in [1.165, 1.54) is 17.5 Å². The summed E-state index contributed by atoms with van der Waals surface area (Å²) in [6.07, 6.45) is 2.29. The van der Waals surface area contributed by atoms with Crippen LogP contribution in [0.15, 0.2) is 24.3 Å². The summed E-state index contributed by atoms with van der Waals surface area (Å²) in [5, 5.41) is 6.29. The molecule has 1 atom stereocenters. The Kier molecular flexibility index (Phi) is 7.44. The van der Waals surface area contributed by atoms with Gasteiger partial charge in [0, 0.05) is 12.1 Å². The Labute approximate surface area is 129 Å². The summed E-state index contributed by atoms with van der Waals surface area (Å²) in [7, 11) is 0. The number of rotatable bonds is 8. The van der Waals surface area contributed by atoms with E-state index in [9.17, 15) is 4.79 Å². The second kappa shape index (κ2) is 8.83. The van der Waals surface area contributed by atoms with Crippen molar-refractivity contribution in [3.63, 3.8) is 0 Å². The molecule has 0 aliphatic carbocycles. The molecular weight excluding hydrogens is 260 g/mol. The lowest BCUT2D eigenvalue weighted by atomic mass is 9.94. The zero-order chi connectivity index (χ0) is 15.8. The van der Waals surface area contributed by atoms with Crippen molar-refractivity contribution in [2.75, 3.05) is 6.54 Å². The van der Waals surface area contributed by atoms with E-state index in [0.717, 1.165) is 6.42 Å². The van der Waals surface area contributed by atoms with Crippen molar-refractivity contribution in [1.29, 1.82) is 0 Å². The monoisotopic (exact) mass is 290 g/mol. The molecule has 0 aliphatic rings. The van der Waals surface area contributed by atoms with Crippen LogP contribution in [0.4, 0.5) is 0 Å². The first kappa shape index (κ1) is 17.7. The van der Waals surface area contributed by atoms with Crippen LogP contribution in [0.1, 0.15) is 58.2 Å². The Morgan fingerprint density at radius 1 is 1.10 bits per heavy atom. The number of nitrogens with one attached hydrogen (secondary N) is 2. The lowest BCUT2D eigenvalue weighted by molar-refractivity contribution is -0.120. The average molecular weight is 290 g/mol. The molecule has 1 amide bonds. The van der Waals surface area contributed by atoms with Gasteiger partial charge in [0.1, 0.15) is 0 Å². The zero-order valence-electron chi connectivity index (χ0n) is 14.1. The van der Waals surface area contributed by atoms with Gasteiger partial charge < -0.3 is 10.6 Å². The van der Waals surface area contributed by atoms with Crippen molar-refractivity contribution in [1.82, 2.24) is 10.6 Å². The highest BCUT2D eigenvalue weighted by Gasteiger charge is 2.16. The van der Waals surface area contributed by atoms with Crippen LogP contribution >= 0.6 is 0 Å². The number of carbonyl (C=O) groups is 1. The number of amides is 1. The molecule has 0 bridgehead atoms. The maximum atomic E-state index is 11.8. The molecule has 0 fully saturated rings. The van der Waals surface area contributed by atoms with Crippen LogP contribution in [-0.2, 0) is 11.2 Å². The van der Waals surface area contributed by atoms with Crippen LogP contribution in [0.2, 0.25) is 0 Å². The van der Waals surface area contributed by atoms with Crippen molar-refractivity contribution < 1.29 is 4.79 Å². The van der Waals surface area contributed by atoms with Crippen LogP contribution in [0, 0.1) is 5.92 Å². The van der Waals surface area contributed by atoms with Crippen molar-refractivity contribution in [3.05, 3.63) is 35.4 Å². The molecule has 1 rings (SSSR count). The van der Waals surface area contributed by atoms with Gasteiger partial charge in [0.25, 0.3) is 0 Å². The Bertz CT molecular complexity index is 423. The third-order valence-corrected chi connectivity index (χ3v) is 3.48. The number of hydrogen-bond donors (Lipinski definition) is 2. The van der Waals surface area contributed by atoms with Gasteiger partial charge in [-0.3, -0.25) is 4.79 Å². The Morgan fingerprint density at radius 2 is 1.71 bits per heavy atom. The molecule has 0 radical (unpaired) electrons. The zero-order valence-corrected chi connectivity index (χ0v) is 14.1. The Morgan fingerprint density at radius 3 is 2.19 bits per heavy atom. The van der Waals surface area contributed by atoms with Crippen molar-refractivity contribution in [3.8, 4) is 0 Å². The molecule has 0 aliphatic heterocycles. The normalized spacial score (nSPS) is 12.7. The van der Waals surface area contributed by atoms with E-state index >= 15 is 0 Å². The summed E-state index contributed by atoms with van der Waals surface area (Å²) in [6.45, 7) is 10.9. The molecular formula is C18H30N2O. The highest BCUT2D eigenvalue weighted by Crippen LogP contribution is 2.22. The Hall–Kier alpha value is -1.35. The van der Waals surface area contributed by atoms with Crippen molar-refractivity contribution in [2.24, 2.45) is 5.92 Å². The van der Waals surface area contributed by atoms with Gasteiger partial charge >= 0.3 is 0 Å². The summed E-state index contributed by atoms with van der Waals surface area (Å²) in [6, 6.07) is 9.16. The molecule has 0 heterocycles. The standard InChI is InChI=1S/C18H30N2O/c1-6-7-15-8-10-16(11-9-15)18(13(2)3)19-12-17(21)20-14(4)5/h8-11,13-14,18-19H,6-7,12H2,1-5H3,(H,20,21). The van der Waals surface area contributed by atoms with E-state index < -0.39 is 0 Å². The maximum Gasteiger partial charge on any atom is 0.234 e. The lowest BCUT2D eigenvalue weighted by Gasteiger charge is -2.23. The molecule has 2 N–H and O–H groups in total.